The Kier molecular flexibility index (Phi) is 3.96. The second-order valence-corrected chi connectivity index (χ2v) is 5.54. The molecular formula is C18H11ClN2O2. The summed E-state index contributed by atoms with van der Waals surface area (Å²) in [6.45, 7) is 0. The molecule has 0 radical (unpaired) electrons. The van der Waals surface area contributed by atoms with Gasteiger partial charge in [0.05, 0.1) is 21.9 Å². The van der Waals surface area contributed by atoms with Crippen molar-refractivity contribution >= 4 is 28.1 Å². The Bertz CT molecular complexity index is 947. The second kappa shape index (κ2) is 6.07. The van der Waals surface area contributed by atoms with Crippen molar-refractivity contribution in [2.75, 3.05) is 0 Å². The first-order valence-electron chi connectivity index (χ1n) is 6.92. The van der Waals surface area contributed by atoms with Gasteiger partial charge in [-0.25, -0.2) is 0 Å². The van der Waals surface area contributed by atoms with E-state index in [1.54, 1.807) is 6.07 Å². The maximum absolute atomic E-state index is 10.8. The number of benzene rings is 3. The lowest BCUT2D eigenvalue weighted by Gasteiger charge is -2.12. The molecule has 0 saturated heterocycles. The van der Waals surface area contributed by atoms with Crippen molar-refractivity contribution < 1.29 is 4.92 Å². The minimum absolute atomic E-state index is 0.0889. The first-order chi connectivity index (χ1) is 11.1. The zero-order valence-corrected chi connectivity index (χ0v) is 12.7. The number of hydrogen-bond donors (Lipinski definition) is 0. The Morgan fingerprint density at radius 3 is 2.43 bits per heavy atom. The van der Waals surface area contributed by atoms with E-state index < -0.39 is 10.8 Å². The second-order valence-electron chi connectivity index (χ2n) is 5.13. The molecule has 0 saturated carbocycles. The molecule has 0 heterocycles. The molecule has 0 N–H and O–H groups in total. The number of nitro groups is 1. The number of nitrogens with zero attached hydrogens (tertiary/aromatic N) is 2. The molecule has 0 amide bonds. The van der Waals surface area contributed by atoms with Crippen molar-refractivity contribution in [2.24, 2.45) is 0 Å². The molecule has 0 spiro atoms. The lowest BCUT2D eigenvalue weighted by molar-refractivity contribution is -0.384. The summed E-state index contributed by atoms with van der Waals surface area (Å²) in [7, 11) is 0. The number of non-ortho nitro benzene ring substituents is 1. The molecule has 0 bridgehead atoms. The molecule has 3 rings (SSSR count). The normalized spacial score (nSPS) is 11.8. The monoisotopic (exact) mass is 322 g/mol. The van der Waals surface area contributed by atoms with Crippen LogP contribution in [-0.2, 0) is 0 Å². The first-order valence-corrected chi connectivity index (χ1v) is 7.30. The fourth-order valence-corrected chi connectivity index (χ4v) is 2.86. The fraction of sp³-hybridized carbons (Fsp3) is 0.0556. The minimum Gasteiger partial charge on any atom is -0.258 e. The van der Waals surface area contributed by atoms with Gasteiger partial charge in [-0.15, -0.1) is 0 Å². The number of rotatable bonds is 3. The van der Waals surface area contributed by atoms with Crippen LogP contribution in [0, 0.1) is 21.4 Å². The largest absolute Gasteiger partial charge is 0.270 e. The van der Waals surface area contributed by atoms with Gasteiger partial charge in [-0.3, -0.25) is 10.1 Å². The van der Waals surface area contributed by atoms with Crippen molar-refractivity contribution in [1.82, 2.24) is 0 Å². The summed E-state index contributed by atoms with van der Waals surface area (Å²) in [5, 5.41) is 22.7. The van der Waals surface area contributed by atoms with Gasteiger partial charge in [0.25, 0.3) is 5.69 Å². The Hall–Kier alpha value is -2.90. The molecule has 1 unspecified atom stereocenters. The molecule has 0 aliphatic rings. The number of nitriles is 1. The zero-order valence-electron chi connectivity index (χ0n) is 11.9. The van der Waals surface area contributed by atoms with Gasteiger partial charge >= 0.3 is 0 Å². The highest BCUT2D eigenvalue weighted by molar-refractivity contribution is 6.31. The summed E-state index contributed by atoms with van der Waals surface area (Å²) in [6.07, 6.45) is 0. The van der Waals surface area contributed by atoms with E-state index in [1.165, 1.54) is 12.1 Å². The van der Waals surface area contributed by atoms with Crippen LogP contribution in [0.1, 0.15) is 17.0 Å². The maximum atomic E-state index is 10.8. The van der Waals surface area contributed by atoms with Gasteiger partial charge in [-0.2, -0.15) is 5.26 Å². The topological polar surface area (TPSA) is 66.9 Å². The molecule has 3 aromatic rings. The van der Waals surface area contributed by atoms with E-state index in [-0.39, 0.29) is 10.7 Å². The van der Waals surface area contributed by atoms with Gasteiger partial charge < -0.3 is 0 Å². The molecule has 23 heavy (non-hydrogen) atoms. The summed E-state index contributed by atoms with van der Waals surface area (Å²) in [5.74, 6) is -0.576. The van der Waals surface area contributed by atoms with Gasteiger partial charge in [0.15, 0.2) is 0 Å². The quantitative estimate of drug-likeness (QED) is 0.500. The smallest absolute Gasteiger partial charge is 0.258 e. The van der Waals surface area contributed by atoms with Crippen LogP contribution in [0.25, 0.3) is 10.8 Å². The summed E-state index contributed by atoms with van der Waals surface area (Å²) >= 11 is 6.16. The van der Waals surface area contributed by atoms with Crippen LogP contribution in [0.4, 0.5) is 5.69 Å². The Balaban J connectivity index is 2.08. The van der Waals surface area contributed by atoms with E-state index in [9.17, 15) is 15.4 Å². The molecule has 112 valence electrons. The average molecular weight is 323 g/mol. The van der Waals surface area contributed by atoms with Crippen LogP contribution in [0.5, 0.6) is 0 Å². The van der Waals surface area contributed by atoms with E-state index in [0.717, 1.165) is 16.3 Å². The Morgan fingerprint density at radius 2 is 1.78 bits per heavy atom. The lowest BCUT2D eigenvalue weighted by Crippen LogP contribution is -2.00. The third-order valence-electron chi connectivity index (χ3n) is 3.74. The van der Waals surface area contributed by atoms with Crippen LogP contribution in [0.3, 0.4) is 0 Å². The summed E-state index contributed by atoms with van der Waals surface area (Å²) < 4.78 is 0. The van der Waals surface area contributed by atoms with E-state index >= 15 is 0 Å². The Labute approximate surface area is 137 Å². The van der Waals surface area contributed by atoms with Crippen LogP contribution in [0.15, 0.2) is 60.7 Å². The van der Waals surface area contributed by atoms with Gasteiger partial charge in [-0.05, 0) is 34.0 Å². The van der Waals surface area contributed by atoms with E-state index in [2.05, 4.69) is 6.07 Å². The van der Waals surface area contributed by atoms with E-state index in [0.29, 0.717) is 5.56 Å². The molecule has 4 nitrogen and oxygen atoms in total. The number of hydrogen-bond acceptors (Lipinski definition) is 3. The van der Waals surface area contributed by atoms with Crippen molar-refractivity contribution in [2.45, 2.75) is 5.92 Å². The van der Waals surface area contributed by atoms with Crippen LogP contribution >= 0.6 is 11.6 Å². The first kappa shape index (κ1) is 15.0. The van der Waals surface area contributed by atoms with Gasteiger partial charge in [0.1, 0.15) is 0 Å². The molecule has 1 atom stereocenters. The molecule has 0 aliphatic carbocycles. The van der Waals surface area contributed by atoms with Crippen molar-refractivity contribution in [3.63, 3.8) is 0 Å². The molecule has 0 fully saturated rings. The maximum Gasteiger partial charge on any atom is 0.270 e. The Morgan fingerprint density at radius 1 is 1.04 bits per heavy atom. The van der Waals surface area contributed by atoms with Crippen LogP contribution in [0.2, 0.25) is 5.02 Å². The third kappa shape index (κ3) is 2.87. The SMILES string of the molecule is N#CC(c1ccc2ccccc2c1)c1ccc([N+](=O)[O-])cc1Cl. The molecule has 5 heteroatoms. The third-order valence-corrected chi connectivity index (χ3v) is 4.07. The van der Waals surface area contributed by atoms with E-state index in [1.807, 2.05) is 42.5 Å². The number of nitro benzene ring substituents is 1. The highest BCUT2D eigenvalue weighted by Crippen LogP contribution is 2.33. The van der Waals surface area contributed by atoms with Crippen molar-refractivity contribution in [3.05, 3.63) is 86.9 Å². The number of fused-ring (bicyclic) bond motifs is 1. The minimum atomic E-state index is -0.576. The highest BCUT2D eigenvalue weighted by atomic mass is 35.5. The summed E-state index contributed by atoms with van der Waals surface area (Å²) in [4.78, 5) is 10.3. The number of halogens is 1. The van der Waals surface area contributed by atoms with Gasteiger partial charge in [0, 0.05) is 12.1 Å². The average Bonchev–Trinajstić information content (AvgIpc) is 2.56. The predicted molar refractivity (Wildman–Crippen MR) is 89.5 cm³/mol. The standard InChI is InChI=1S/C18H11ClN2O2/c19-18-10-15(21(22)23)7-8-16(18)17(11-20)14-6-5-12-3-1-2-4-13(12)9-14/h1-10,17H. The van der Waals surface area contributed by atoms with Crippen LogP contribution in [-0.4, -0.2) is 4.92 Å². The van der Waals surface area contributed by atoms with Crippen molar-refractivity contribution in [3.8, 4) is 6.07 Å². The summed E-state index contributed by atoms with van der Waals surface area (Å²) in [5.41, 5.74) is 1.28. The molecule has 0 aliphatic heterocycles. The molecule has 3 aromatic carbocycles. The van der Waals surface area contributed by atoms with Crippen molar-refractivity contribution in [1.29, 1.82) is 5.26 Å². The van der Waals surface area contributed by atoms with Gasteiger partial charge in [0.2, 0.25) is 0 Å². The van der Waals surface area contributed by atoms with E-state index in [4.69, 9.17) is 11.6 Å². The highest BCUT2D eigenvalue weighted by Gasteiger charge is 2.19. The molecular weight excluding hydrogens is 312 g/mol. The lowest BCUT2D eigenvalue weighted by atomic mass is 9.91. The predicted octanol–water partition coefficient (Wildman–Crippen LogP) is 5.06. The van der Waals surface area contributed by atoms with Crippen LogP contribution < -0.4 is 0 Å². The summed E-state index contributed by atoms with van der Waals surface area (Å²) in [6, 6.07) is 20.1. The molecule has 0 aromatic heterocycles. The fourth-order valence-electron chi connectivity index (χ4n) is 2.57. The zero-order chi connectivity index (χ0) is 16.4. The van der Waals surface area contributed by atoms with Gasteiger partial charge in [-0.1, -0.05) is 48.0 Å².